The van der Waals surface area contributed by atoms with E-state index in [1.807, 2.05) is 0 Å². The van der Waals surface area contributed by atoms with Crippen molar-refractivity contribution >= 4 is 23.5 Å². The van der Waals surface area contributed by atoms with Crippen LogP contribution in [0, 0.1) is 0 Å². The summed E-state index contributed by atoms with van der Waals surface area (Å²) in [6.07, 6.45) is 1.62. The van der Waals surface area contributed by atoms with Gasteiger partial charge in [0.2, 0.25) is 0 Å². The quantitative estimate of drug-likeness (QED) is 0.271. The molecule has 0 saturated heterocycles. The maximum absolute atomic E-state index is 12.5. The predicted molar refractivity (Wildman–Crippen MR) is 108 cm³/mol. The molecule has 2 aromatic carbocycles. The third kappa shape index (κ3) is 6.12. The Balaban J connectivity index is 1.60. The number of Topliss-reactive ketones (excluding diaryl/α,β-unsaturated/α-hetero) is 1. The van der Waals surface area contributed by atoms with Crippen molar-refractivity contribution in [3.8, 4) is 5.75 Å². The second-order valence-electron chi connectivity index (χ2n) is 6.01. The highest BCUT2D eigenvalue weighted by Gasteiger charge is 2.15. The van der Waals surface area contributed by atoms with Crippen molar-refractivity contribution in [1.82, 2.24) is 4.98 Å². The molecule has 0 saturated carbocycles. The number of halogens is 2. The van der Waals surface area contributed by atoms with Crippen molar-refractivity contribution < 1.29 is 27.8 Å². The van der Waals surface area contributed by atoms with Crippen molar-refractivity contribution in [2.45, 2.75) is 18.1 Å². The van der Waals surface area contributed by atoms with Crippen LogP contribution in [0.2, 0.25) is 0 Å². The van der Waals surface area contributed by atoms with Crippen LogP contribution in [0.3, 0.4) is 0 Å². The summed E-state index contributed by atoms with van der Waals surface area (Å²) < 4.78 is 34.0. The van der Waals surface area contributed by atoms with Crippen molar-refractivity contribution in [3.05, 3.63) is 89.7 Å². The molecule has 0 aliphatic carbocycles. The Hall–Kier alpha value is -3.26. The van der Waals surface area contributed by atoms with Gasteiger partial charge in [0.15, 0.2) is 5.78 Å². The summed E-state index contributed by atoms with van der Waals surface area (Å²) in [5.41, 5.74) is 1.34. The lowest BCUT2D eigenvalue weighted by atomic mass is 10.1. The monoisotopic (exact) mass is 429 g/mol. The maximum Gasteiger partial charge on any atom is 0.387 e. The number of ketones is 1. The molecule has 0 radical (unpaired) electrons. The molecular weight excluding hydrogens is 412 g/mol. The number of esters is 1. The van der Waals surface area contributed by atoms with E-state index < -0.39 is 12.6 Å². The summed E-state index contributed by atoms with van der Waals surface area (Å²) in [6, 6.07) is 17.6. The summed E-state index contributed by atoms with van der Waals surface area (Å²) in [7, 11) is 0. The molecule has 0 amide bonds. The predicted octanol–water partition coefficient (Wildman–Crippen LogP) is 5.02. The zero-order chi connectivity index (χ0) is 21.3. The Kier molecular flexibility index (Phi) is 7.51. The summed E-state index contributed by atoms with van der Waals surface area (Å²) in [5, 5.41) is 0. The van der Waals surface area contributed by atoms with E-state index in [0.717, 1.165) is 0 Å². The number of hydrogen-bond acceptors (Lipinski definition) is 6. The third-order valence-electron chi connectivity index (χ3n) is 3.94. The van der Waals surface area contributed by atoms with E-state index in [9.17, 15) is 18.4 Å². The van der Waals surface area contributed by atoms with Crippen molar-refractivity contribution in [2.75, 3.05) is 5.75 Å². The van der Waals surface area contributed by atoms with Gasteiger partial charge in [-0.1, -0.05) is 18.2 Å². The number of thioether (sulfide) groups is 1. The average Bonchev–Trinajstić information content (AvgIpc) is 2.77. The fraction of sp³-hybridized carbons (Fsp3) is 0.136. The van der Waals surface area contributed by atoms with Crippen LogP contribution < -0.4 is 4.74 Å². The fourth-order valence-corrected chi connectivity index (χ4v) is 3.45. The van der Waals surface area contributed by atoms with Gasteiger partial charge in [-0.15, -0.1) is 11.8 Å². The Morgan fingerprint density at radius 1 is 0.967 bits per heavy atom. The minimum Gasteiger partial charge on any atom is -0.456 e. The lowest BCUT2D eigenvalue weighted by Crippen LogP contribution is -2.08. The molecule has 0 aliphatic heterocycles. The van der Waals surface area contributed by atoms with Crippen molar-refractivity contribution in [2.24, 2.45) is 0 Å². The van der Waals surface area contributed by atoms with Crippen molar-refractivity contribution in [3.63, 3.8) is 0 Å². The molecule has 154 valence electrons. The van der Waals surface area contributed by atoms with Crippen LogP contribution in [0.4, 0.5) is 8.78 Å². The van der Waals surface area contributed by atoms with Gasteiger partial charge in [0.1, 0.15) is 12.4 Å². The van der Waals surface area contributed by atoms with E-state index in [0.29, 0.717) is 21.7 Å². The minimum absolute atomic E-state index is 0.0183. The number of carbonyl (C=O) groups excluding carboxylic acids is 2. The molecule has 0 atom stereocenters. The number of carbonyl (C=O) groups is 2. The zero-order valence-corrected chi connectivity index (χ0v) is 16.5. The molecule has 3 rings (SSSR count). The SMILES string of the molecule is O=C(CSc1ccccc1C(=O)OCc1ccccn1)c1ccc(OC(F)F)cc1. The molecule has 1 heterocycles. The van der Waals surface area contributed by atoms with E-state index in [2.05, 4.69) is 9.72 Å². The number of nitrogens with zero attached hydrogens (tertiary/aromatic N) is 1. The Morgan fingerprint density at radius 2 is 1.70 bits per heavy atom. The first kappa shape index (κ1) is 21.4. The molecule has 0 spiro atoms. The van der Waals surface area contributed by atoms with E-state index in [-0.39, 0.29) is 23.9 Å². The summed E-state index contributed by atoms with van der Waals surface area (Å²) in [6.45, 7) is -2.87. The zero-order valence-electron chi connectivity index (χ0n) is 15.7. The molecule has 0 fully saturated rings. The van der Waals surface area contributed by atoms with Gasteiger partial charge in [-0.3, -0.25) is 9.78 Å². The summed E-state index contributed by atoms with van der Waals surface area (Å²) in [5.74, 6) is -0.667. The molecule has 5 nitrogen and oxygen atoms in total. The van der Waals surface area contributed by atoms with Gasteiger partial charge >= 0.3 is 12.6 Å². The Bertz CT molecular complexity index is 998. The van der Waals surface area contributed by atoms with Crippen LogP contribution in [0.5, 0.6) is 5.75 Å². The van der Waals surface area contributed by atoms with E-state index in [1.54, 1.807) is 48.7 Å². The van der Waals surface area contributed by atoms with E-state index in [4.69, 9.17) is 4.74 Å². The van der Waals surface area contributed by atoms with Crippen LogP contribution in [-0.4, -0.2) is 29.1 Å². The molecule has 8 heteroatoms. The molecule has 1 aromatic heterocycles. The molecule has 0 N–H and O–H groups in total. The molecule has 30 heavy (non-hydrogen) atoms. The fourth-order valence-electron chi connectivity index (χ4n) is 2.51. The topological polar surface area (TPSA) is 65.5 Å². The lowest BCUT2D eigenvalue weighted by molar-refractivity contribution is -0.0498. The largest absolute Gasteiger partial charge is 0.456 e. The van der Waals surface area contributed by atoms with Gasteiger partial charge in [0.25, 0.3) is 0 Å². The van der Waals surface area contributed by atoms with Crippen molar-refractivity contribution in [1.29, 1.82) is 0 Å². The smallest absolute Gasteiger partial charge is 0.387 e. The standard InChI is InChI=1S/C22H17F2NO4S/c23-22(24)29-17-10-8-15(9-11-17)19(26)14-30-20-7-2-1-6-18(20)21(27)28-13-16-5-3-4-12-25-16/h1-12,22H,13-14H2. The van der Waals surface area contributed by atoms with Crippen LogP contribution in [0.15, 0.2) is 77.8 Å². The summed E-state index contributed by atoms with van der Waals surface area (Å²) in [4.78, 5) is 29.6. The molecule has 3 aromatic rings. The second kappa shape index (κ2) is 10.5. The first-order valence-electron chi connectivity index (χ1n) is 8.90. The highest BCUT2D eigenvalue weighted by molar-refractivity contribution is 8.00. The van der Waals surface area contributed by atoms with Crippen LogP contribution in [0.1, 0.15) is 26.4 Å². The van der Waals surface area contributed by atoms with Gasteiger partial charge < -0.3 is 9.47 Å². The number of pyridine rings is 1. The van der Waals surface area contributed by atoms with Gasteiger partial charge in [-0.25, -0.2) is 4.79 Å². The molecule has 0 unspecified atom stereocenters. The van der Waals surface area contributed by atoms with Gasteiger partial charge in [-0.05, 0) is 48.5 Å². The maximum atomic E-state index is 12.5. The number of ether oxygens (including phenoxy) is 2. The first-order valence-corrected chi connectivity index (χ1v) is 9.88. The Labute approximate surface area is 176 Å². The van der Waals surface area contributed by atoms with Gasteiger partial charge in [-0.2, -0.15) is 8.78 Å². The lowest BCUT2D eigenvalue weighted by Gasteiger charge is -2.09. The number of aromatic nitrogens is 1. The van der Waals surface area contributed by atoms with Gasteiger partial charge in [0.05, 0.1) is 17.0 Å². The van der Waals surface area contributed by atoms with Gasteiger partial charge in [0, 0.05) is 16.7 Å². The number of benzene rings is 2. The van der Waals surface area contributed by atoms with E-state index >= 15 is 0 Å². The van der Waals surface area contributed by atoms with Crippen LogP contribution in [0.25, 0.3) is 0 Å². The highest BCUT2D eigenvalue weighted by Crippen LogP contribution is 2.25. The number of rotatable bonds is 9. The highest BCUT2D eigenvalue weighted by atomic mass is 32.2. The summed E-state index contributed by atoms with van der Waals surface area (Å²) >= 11 is 1.20. The molecule has 0 aliphatic rings. The Morgan fingerprint density at radius 3 is 2.40 bits per heavy atom. The second-order valence-corrected chi connectivity index (χ2v) is 7.03. The van der Waals surface area contributed by atoms with Crippen LogP contribution >= 0.6 is 11.8 Å². The average molecular weight is 429 g/mol. The molecule has 0 bridgehead atoms. The number of alkyl halides is 2. The van der Waals surface area contributed by atoms with Crippen LogP contribution in [-0.2, 0) is 11.3 Å². The van der Waals surface area contributed by atoms with E-state index in [1.165, 1.54) is 36.0 Å². The number of hydrogen-bond donors (Lipinski definition) is 0. The first-order chi connectivity index (χ1) is 14.5. The minimum atomic E-state index is -2.92. The normalized spacial score (nSPS) is 10.6. The third-order valence-corrected chi connectivity index (χ3v) is 5.02. The molecular formula is C22H17F2NO4S.